The molecule has 1 aromatic heterocycles. The lowest BCUT2D eigenvalue weighted by atomic mass is 10.2. The van der Waals surface area contributed by atoms with E-state index in [1.54, 1.807) is 0 Å². The standard InChI is InChI=1S/C16H20ClN3/c1-4-18-16-10-9-13(17)14(19-16)11-20(3)15-8-6-5-7-12(15)2/h5-10H,4,11H2,1-3H3,(H,18,19). The van der Waals surface area contributed by atoms with Gasteiger partial charge in [-0.2, -0.15) is 0 Å². The second-order valence-electron chi connectivity index (χ2n) is 4.80. The predicted octanol–water partition coefficient (Wildman–Crippen LogP) is 4.11. The summed E-state index contributed by atoms with van der Waals surface area (Å²) in [6, 6.07) is 12.1. The van der Waals surface area contributed by atoms with Crippen LogP contribution in [0.3, 0.4) is 0 Å². The van der Waals surface area contributed by atoms with Crippen LogP contribution in [-0.4, -0.2) is 18.6 Å². The summed E-state index contributed by atoms with van der Waals surface area (Å²) in [6.45, 7) is 5.69. The van der Waals surface area contributed by atoms with Crippen molar-refractivity contribution in [2.45, 2.75) is 20.4 Å². The predicted molar refractivity (Wildman–Crippen MR) is 86.7 cm³/mol. The molecule has 0 fully saturated rings. The molecule has 1 aromatic carbocycles. The van der Waals surface area contributed by atoms with Crippen molar-refractivity contribution in [3.05, 3.63) is 52.7 Å². The van der Waals surface area contributed by atoms with Gasteiger partial charge < -0.3 is 10.2 Å². The first kappa shape index (κ1) is 14.7. The van der Waals surface area contributed by atoms with Crippen LogP contribution in [0, 0.1) is 6.92 Å². The number of hydrogen-bond donors (Lipinski definition) is 1. The Hall–Kier alpha value is -1.74. The zero-order valence-corrected chi connectivity index (χ0v) is 12.9. The first-order chi connectivity index (χ1) is 9.61. The Morgan fingerprint density at radius 3 is 2.65 bits per heavy atom. The molecule has 0 saturated heterocycles. The van der Waals surface area contributed by atoms with Crippen molar-refractivity contribution in [3.63, 3.8) is 0 Å². The number of para-hydroxylation sites is 1. The molecule has 4 heteroatoms. The highest BCUT2D eigenvalue weighted by atomic mass is 35.5. The van der Waals surface area contributed by atoms with Gasteiger partial charge in [-0.15, -0.1) is 0 Å². The van der Waals surface area contributed by atoms with Gasteiger partial charge in [0.2, 0.25) is 0 Å². The van der Waals surface area contributed by atoms with Crippen molar-refractivity contribution in [2.75, 3.05) is 23.8 Å². The maximum absolute atomic E-state index is 6.25. The number of nitrogens with zero attached hydrogens (tertiary/aromatic N) is 2. The van der Waals surface area contributed by atoms with Gasteiger partial charge in [-0.1, -0.05) is 29.8 Å². The molecule has 2 aromatic rings. The highest BCUT2D eigenvalue weighted by Crippen LogP contribution is 2.23. The van der Waals surface area contributed by atoms with E-state index in [-0.39, 0.29) is 0 Å². The molecular weight excluding hydrogens is 270 g/mol. The fourth-order valence-corrected chi connectivity index (χ4v) is 2.34. The van der Waals surface area contributed by atoms with Crippen LogP contribution in [0.5, 0.6) is 0 Å². The second-order valence-corrected chi connectivity index (χ2v) is 5.21. The minimum atomic E-state index is 0.683. The Morgan fingerprint density at radius 2 is 1.95 bits per heavy atom. The van der Waals surface area contributed by atoms with E-state index in [0.29, 0.717) is 11.6 Å². The van der Waals surface area contributed by atoms with Gasteiger partial charge in [0.15, 0.2) is 0 Å². The molecule has 0 aliphatic rings. The molecule has 106 valence electrons. The lowest BCUT2D eigenvalue weighted by Gasteiger charge is -2.21. The SMILES string of the molecule is CCNc1ccc(Cl)c(CN(C)c2ccccc2C)n1. The third kappa shape index (κ3) is 3.42. The minimum Gasteiger partial charge on any atom is -0.370 e. The lowest BCUT2D eigenvalue weighted by Crippen LogP contribution is -2.18. The van der Waals surface area contributed by atoms with Gasteiger partial charge in [-0.3, -0.25) is 0 Å². The number of hydrogen-bond acceptors (Lipinski definition) is 3. The van der Waals surface area contributed by atoms with Crippen LogP contribution in [0.1, 0.15) is 18.2 Å². The van der Waals surface area contributed by atoms with Crippen LogP contribution in [-0.2, 0) is 6.54 Å². The second kappa shape index (κ2) is 6.62. The molecule has 0 aliphatic heterocycles. The quantitative estimate of drug-likeness (QED) is 0.898. The normalized spacial score (nSPS) is 10.4. The van der Waals surface area contributed by atoms with Crippen molar-refractivity contribution < 1.29 is 0 Å². The molecule has 0 radical (unpaired) electrons. The molecule has 0 spiro atoms. The molecule has 20 heavy (non-hydrogen) atoms. The molecular formula is C16H20ClN3. The number of benzene rings is 1. The molecule has 0 unspecified atom stereocenters. The third-order valence-electron chi connectivity index (χ3n) is 3.19. The Kier molecular flexibility index (Phi) is 4.85. The van der Waals surface area contributed by atoms with E-state index in [1.807, 2.05) is 24.3 Å². The topological polar surface area (TPSA) is 28.2 Å². The number of aromatic nitrogens is 1. The number of aryl methyl sites for hydroxylation is 1. The summed E-state index contributed by atoms with van der Waals surface area (Å²) in [5.41, 5.74) is 3.32. The molecule has 1 N–H and O–H groups in total. The monoisotopic (exact) mass is 289 g/mol. The third-order valence-corrected chi connectivity index (χ3v) is 3.53. The minimum absolute atomic E-state index is 0.683. The molecule has 0 bridgehead atoms. The highest BCUT2D eigenvalue weighted by Gasteiger charge is 2.09. The van der Waals surface area contributed by atoms with Crippen LogP contribution in [0.15, 0.2) is 36.4 Å². The molecule has 0 aliphatic carbocycles. The van der Waals surface area contributed by atoms with Gasteiger partial charge in [-0.05, 0) is 37.6 Å². The van der Waals surface area contributed by atoms with E-state index in [4.69, 9.17) is 11.6 Å². The van der Waals surface area contributed by atoms with Gasteiger partial charge in [-0.25, -0.2) is 4.98 Å². The van der Waals surface area contributed by atoms with Crippen LogP contribution in [0.4, 0.5) is 11.5 Å². The van der Waals surface area contributed by atoms with Crippen molar-refractivity contribution in [3.8, 4) is 0 Å². The van der Waals surface area contributed by atoms with Gasteiger partial charge in [0, 0.05) is 19.3 Å². The summed E-state index contributed by atoms with van der Waals surface area (Å²) in [6.07, 6.45) is 0. The summed E-state index contributed by atoms with van der Waals surface area (Å²) in [4.78, 5) is 6.74. The van der Waals surface area contributed by atoms with E-state index in [0.717, 1.165) is 18.1 Å². The summed E-state index contributed by atoms with van der Waals surface area (Å²) < 4.78 is 0. The Balaban J connectivity index is 2.21. The Morgan fingerprint density at radius 1 is 1.20 bits per heavy atom. The lowest BCUT2D eigenvalue weighted by molar-refractivity contribution is 0.881. The first-order valence-corrected chi connectivity index (χ1v) is 7.15. The van der Waals surface area contributed by atoms with Gasteiger partial charge in [0.05, 0.1) is 17.3 Å². The Bertz CT molecular complexity index is 584. The molecule has 3 nitrogen and oxygen atoms in total. The van der Waals surface area contributed by atoms with Crippen molar-refractivity contribution in [1.29, 1.82) is 0 Å². The molecule has 0 atom stereocenters. The van der Waals surface area contributed by atoms with Crippen LogP contribution in [0.2, 0.25) is 5.02 Å². The molecule has 2 rings (SSSR count). The van der Waals surface area contributed by atoms with Crippen LogP contribution in [0.25, 0.3) is 0 Å². The maximum Gasteiger partial charge on any atom is 0.126 e. The number of nitrogens with one attached hydrogen (secondary N) is 1. The van der Waals surface area contributed by atoms with E-state index < -0.39 is 0 Å². The zero-order chi connectivity index (χ0) is 14.5. The maximum atomic E-state index is 6.25. The van der Waals surface area contributed by atoms with Crippen molar-refractivity contribution in [2.24, 2.45) is 0 Å². The fourth-order valence-electron chi connectivity index (χ4n) is 2.18. The van der Waals surface area contributed by atoms with E-state index >= 15 is 0 Å². The highest BCUT2D eigenvalue weighted by molar-refractivity contribution is 6.31. The molecule has 1 heterocycles. The number of anilines is 2. The average Bonchev–Trinajstić information content (AvgIpc) is 2.43. The van der Waals surface area contributed by atoms with Crippen molar-refractivity contribution in [1.82, 2.24) is 4.98 Å². The fraction of sp³-hybridized carbons (Fsp3) is 0.312. The molecule has 0 amide bonds. The first-order valence-electron chi connectivity index (χ1n) is 6.78. The largest absolute Gasteiger partial charge is 0.370 e. The number of pyridine rings is 1. The van der Waals surface area contributed by atoms with Gasteiger partial charge in [0.1, 0.15) is 5.82 Å². The Labute approximate surface area is 125 Å². The smallest absolute Gasteiger partial charge is 0.126 e. The van der Waals surface area contributed by atoms with Gasteiger partial charge in [0.25, 0.3) is 0 Å². The summed E-state index contributed by atoms with van der Waals surface area (Å²) in [5, 5.41) is 3.91. The summed E-state index contributed by atoms with van der Waals surface area (Å²) >= 11 is 6.25. The average molecular weight is 290 g/mol. The summed E-state index contributed by atoms with van der Waals surface area (Å²) in [7, 11) is 2.06. The van der Waals surface area contributed by atoms with E-state index in [9.17, 15) is 0 Å². The van der Waals surface area contributed by atoms with Crippen LogP contribution < -0.4 is 10.2 Å². The molecule has 0 saturated carbocycles. The van der Waals surface area contributed by atoms with E-state index in [2.05, 4.69) is 48.2 Å². The summed E-state index contributed by atoms with van der Waals surface area (Å²) in [5.74, 6) is 0.866. The number of rotatable bonds is 5. The van der Waals surface area contributed by atoms with E-state index in [1.165, 1.54) is 11.3 Å². The van der Waals surface area contributed by atoms with Crippen LogP contribution >= 0.6 is 11.6 Å². The number of halogens is 1. The van der Waals surface area contributed by atoms with Gasteiger partial charge >= 0.3 is 0 Å². The van der Waals surface area contributed by atoms with Crippen molar-refractivity contribution >= 4 is 23.1 Å². The zero-order valence-electron chi connectivity index (χ0n) is 12.2.